The molecule has 0 bridgehead atoms. The molecule has 0 unspecified atom stereocenters. The van der Waals surface area contributed by atoms with Gasteiger partial charge in [0, 0.05) is 19.0 Å². The molecule has 1 heterocycles. The maximum atomic E-state index is 12.8. The molecule has 4 aromatic rings. The first-order valence-corrected chi connectivity index (χ1v) is 10.3. The van der Waals surface area contributed by atoms with Gasteiger partial charge in [0.2, 0.25) is 0 Å². The third-order valence-corrected chi connectivity index (χ3v) is 5.56. The topological polar surface area (TPSA) is 42.4 Å². The summed E-state index contributed by atoms with van der Waals surface area (Å²) in [7, 11) is 1.80. The number of aryl methyl sites for hydroxylation is 1. The second kappa shape index (κ2) is 8.45. The number of carbonyl (C=O) groups excluding carboxylic acids is 1. The minimum atomic E-state index is -0.0870. The number of nitrogens with zero attached hydrogens (tertiary/aromatic N) is 2. The van der Waals surface area contributed by atoms with Crippen molar-refractivity contribution in [3.8, 4) is 5.75 Å². The molecule has 4 rings (SSSR count). The van der Waals surface area contributed by atoms with Gasteiger partial charge in [0.05, 0.1) is 0 Å². The normalized spacial score (nSPS) is 10.8. The maximum absolute atomic E-state index is 12.8. The number of thiazole rings is 1. The molecule has 1 aromatic heterocycles. The van der Waals surface area contributed by atoms with Gasteiger partial charge in [0.15, 0.2) is 0 Å². The lowest BCUT2D eigenvalue weighted by molar-refractivity contribution is 0.0780. The number of hydrogen-bond acceptors (Lipinski definition) is 4. The Hall–Kier alpha value is -3.18. The van der Waals surface area contributed by atoms with Gasteiger partial charge in [-0.1, -0.05) is 54.1 Å². The highest BCUT2D eigenvalue weighted by atomic mass is 32.1. The lowest BCUT2D eigenvalue weighted by atomic mass is 10.1. The number of ether oxygens (including phenoxy) is 1. The van der Waals surface area contributed by atoms with E-state index in [-0.39, 0.29) is 5.91 Å². The first kappa shape index (κ1) is 19.2. The summed E-state index contributed by atoms with van der Waals surface area (Å²) in [5.41, 5.74) is 2.74. The molecule has 0 saturated heterocycles. The van der Waals surface area contributed by atoms with Gasteiger partial charge in [-0.2, -0.15) is 0 Å². The number of carbonyl (C=O) groups is 1. The van der Waals surface area contributed by atoms with Crippen LogP contribution in [-0.2, 0) is 13.2 Å². The lowest BCUT2D eigenvalue weighted by Crippen LogP contribution is -2.26. The fourth-order valence-electron chi connectivity index (χ4n) is 3.13. The number of amides is 1. The summed E-state index contributed by atoms with van der Waals surface area (Å²) in [6.07, 6.45) is 0. The van der Waals surface area contributed by atoms with E-state index in [0.717, 1.165) is 16.3 Å². The number of hydrogen-bond donors (Lipinski definition) is 0. The Balaban J connectivity index is 1.38. The molecule has 0 aliphatic carbocycles. The molecular weight excluding hydrogens is 380 g/mol. The van der Waals surface area contributed by atoms with Crippen LogP contribution >= 0.6 is 11.3 Å². The fraction of sp³-hybridized carbons (Fsp3) is 0.167. The van der Waals surface area contributed by atoms with E-state index in [4.69, 9.17) is 4.74 Å². The minimum absolute atomic E-state index is 0.0870. The Kier molecular flexibility index (Phi) is 5.58. The standard InChI is InChI=1S/C24H22N2O2S/c1-17-7-11-21(12-8-17)28-15-23-25-22(16-29-23)24(27)26(2)14-18-9-10-19-5-3-4-6-20(19)13-18/h3-13,16H,14-15H2,1-2H3. The first-order valence-electron chi connectivity index (χ1n) is 9.45. The maximum Gasteiger partial charge on any atom is 0.273 e. The van der Waals surface area contributed by atoms with E-state index in [9.17, 15) is 4.79 Å². The van der Waals surface area contributed by atoms with Crippen LogP contribution in [0.5, 0.6) is 5.75 Å². The van der Waals surface area contributed by atoms with Crippen molar-refractivity contribution in [1.82, 2.24) is 9.88 Å². The van der Waals surface area contributed by atoms with Crippen molar-refractivity contribution in [3.05, 3.63) is 93.9 Å². The molecule has 0 saturated carbocycles. The number of rotatable bonds is 6. The second-order valence-electron chi connectivity index (χ2n) is 7.07. The van der Waals surface area contributed by atoms with Gasteiger partial charge in [-0.3, -0.25) is 4.79 Å². The van der Waals surface area contributed by atoms with Crippen LogP contribution < -0.4 is 4.74 Å². The van der Waals surface area contributed by atoms with E-state index >= 15 is 0 Å². The molecule has 0 atom stereocenters. The van der Waals surface area contributed by atoms with Crippen LogP contribution in [0.15, 0.2) is 72.1 Å². The monoisotopic (exact) mass is 402 g/mol. The van der Waals surface area contributed by atoms with Gasteiger partial charge < -0.3 is 9.64 Å². The van der Waals surface area contributed by atoms with Gasteiger partial charge >= 0.3 is 0 Å². The van der Waals surface area contributed by atoms with Gasteiger partial charge in [-0.05, 0) is 41.5 Å². The van der Waals surface area contributed by atoms with Crippen molar-refractivity contribution in [1.29, 1.82) is 0 Å². The average molecular weight is 403 g/mol. The Morgan fingerprint density at radius 3 is 2.59 bits per heavy atom. The molecule has 0 fully saturated rings. The molecule has 0 aliphatic heterocycles. The second-order valence-corrected chi connectivity index (χ2v) is 8.01. The average Bonchev–Trinajstić information content (AvgIpc) is 3.21. The van der Waals surface area contributed by atoms with Crippen LogP contribution in [-0.4, -0.2) is 22.8 Å². The van der Waals surface area contributed by atoms with Crippen molar-refractivity contribution in [2.45, 2.75) is 20.1 Å². The molecule has 146 valence electrons. The predicted octanol–water partition coefficient (Wildman–Crippen LogP) is 5.46. The molecule has 0 N–H and O–H groups in total. The number of aromatic nitrogens is 1. The van der Waals surface area contributed by atoms with Crippen LogP contribution in [0, 0.1) is 6.92 Å². The molecule has 29 heavy (non-hydrogen) atoms. The Morgan fingerprint density at radius 1 is 1.03 bits per heavy atom. The van der Waals surface area contributed by atoms with Crippen molar-refractivity contribution in [2.75, 3.05) is 7.05 Å². The summed E-state index contributed by atoms with van der Waals surface area (Å²) in [5, 5.41) is 4.96. The predicted molar refractivity (Wildman–Crippen MR) is 117 cm³/mol. The fourth-order valence-corrected chi connectivity index (χ4v) is 3.81. The van der Waals surface area contributed by atoms with E-state index < -0.39 is 0 Å². The summed E-state index contributed by atoms with van der Waals surface area (Å²) in [6.45, 7) is 2.93. The van der Waals surface area contributed by atoms with Crippen molar-refractivity contribution < 1.29 is 9.53 Å². The third-order valence-electron chi connectivity index (χ3n) is 4.73. The van der Waals surface area contributed by atoms with Crippen LogP contribution in [0.3, 0.4) is 0 Å². The zero-order valence-corrected chi connectivity index (χ0v) is 17.3. The highest BCUT2D eigenvalue weighted by Gasteiger charge is 2.16. The smallest absolute Gasteiger partial charge is 0.273 e. The highest BCUT2D eigenvalue weighted by molar-refractivity contribution is 7.09. The zero-order chi connectivity index (χ0) is 20.2. The molecule has 0 aliphatic rings. The van der Waals surface area contributed by atoms with E-state index in [2.05, 4.69) is 35.3 Å². The summed E-state index contributed by atoms with van der Waals surface area (Å²) < 4.78 is 5.76. The van der Waals surface area contributed by atoms with E-state index in [0.29, 0.717) is 18.8 Å². The van der Waals surface area contributed by atoms with Crippen LogP contribution in [0.25, 0.3) is 10.8 Å². The molecule has 0 spiro atoms. The van der Waals surface area contributed by atoms with Crippen LogP contribution in [0.1, 0.15) is 26.6 Å². The quantitative estimate of drug-likeness (QED) is 0.430. The first-order chi connectivity index (χ1) is 14.1. The number of fused-ring (bicyclic) bond motifs is 1. The van der Waals surface area contributed by atoms with E-state index in [1.54, 1.807) is 17.3 Å². The summed E-state index contributed by atoms with van der Waals surface area (Å²) in [5.74, 6) is 0.711. The molecular formula is C24H22N2O2S. The molecule has 1 amide bonds. The van der Waals surface area contributed by atoms with Crippen molar-refractivity contribution in [2.24, 2.45) is 0 Å². The summed E-state index contributed by atoms with van der Waals surface area (Å²) in [4.78, 5) is 18.9. The van der Waals surface area contributed by atoms with Gasteiger partial charge in [-0.25, -0.2) is 4.98 Å². The molecule has 3 aromatic carbocycles. The van der Waals surface area contributed by atoms with Gasteiger partial charge in [-0.15, -0.1) is 11.3 Å². The van der Waals surface area contributed by atoms with Gasteiger partial charge in [0.1, 0.15) is 23.1 Å². The Bertz CT molecular complexity index is 1140. The van der Waals surface area contributed by atoms with Crippen molar-refractivity contribution in [3.63, 3.8) is 0 Å². The molecule has 0 radical (unpaired) electrons. The third kappa shape index (κ3) is 4.63. The van der Waals surface area contributed by atoms with Crippen LogP contribution in [0.4, 0.5) is 0 Å². The summed E-state index contributed by atoms with van der Waals surface area (Å²) >= 11 is 1.44. The zero-order valence-electron chi connectivity index (χ0n) is 16.5. The molecule has 5 heteroatoms. The van der Waals surface area contributed by atoms with Crippen LogP contribution in [0.2, 0.25) is 0 Å². The number of benzene rings is 3. The summed E-state index contributed by atoms with van der Waals surface area (Å²) in [6, 6.07) is 22.4. The largest absolute Gasteiger partial charge is 0.486 e. The SMILES string of the molecule is Cc1ccc(OCc2nc(C(=O)N(C)Cc3ccc4ccccc4c3)cs2)cc1. The minimum Gasteiger partial charge on any atom is -0.486 e. The van der Waals surface area contributed by atoms with Crippen molar-refractivity contribution >= 4 is 28.0 Å². The Labute approximate surface area is 174 Å². The van der Waals surface area contributed by atoms with E-state index in [1.807, 2.05) is 43.3 Å². The Morgan fingerprint density at radius 2 is 1.79 bits per heavy atom. The van der Waals surface area contributed by atoms with E-state index in [1.165, 1.54) is 27.7 Å². The highest BCUT2D eigenvalue weighted by Crippen LogP contribution is 2.19. The van der Waals surface area contributed by atoms with Gasteiger partial charge in [0.25, 0.3) is 5.91 Å². The lowest BCUT2D eigenvalue weighted by Gasteiger charge is -2.16. The molecule has 4 nitrogen and oxygen atoms in total.